The third-order valence-electron chi connectivity index (χ3n) is 3.78. The van der Waals surface area contributed by atoms with E-state index in [2.05, 4.69) is 36.2 Å². The molecule has 0 aliphatic heterocycles. The number of anilines is 3. The Balaban J connectivity index is 2.01. The summed E-state index contributed by atoms with van der Waals surface area (Å²) in [7, 11) is 5.23. The van der Waals surface area contributed by atoms with Crippen molar-refractivity contribution in [2.24, 2.45) is 0 Å². The van der Waals surface area contributed by atoms with Gasteiger partial charge in [0.05, 0.1) is 29.7 Å². The van der Waals surface area contributed by atoms with Crippen LogP contribution < -0.4 is 20.7 Å². The summed E-state index contributed by atoms with van der Waals surface area (Å²) < 4.78 is 7.05. The maximum absolute atomic E-state index is 6.66. The van der Waals surface area contributed by atoms with E-state index in [9.17, 15) is 0 Å². The van der Waals surface area contributed by atoms with Gasteiger partial charge in [0, 0.05) is 25.4 Å². The van der Waals surface area contributed by atoms with Crippen molar-refractivity contribution >= 4 is 29.1 Å². The Labute approximate surface area is 162 Å². The highest BCUT2D eigenvalue weighted by atomic mass is 35.5. The minimum Gasteiger partial charge on any atom is -0.494 e. The molecule has 142 valence electrons. The zero-order chi connectivity index (χ0) is 19.4. The summed E-state index contributed by atoms with van der Waals surface area (Å²) in [6, 6.07) is 5.46. The zero-order valence-corrected chi connectivity index (χ0v) is 16.3. The van der Waals surface area contributed by atoms with E-state index < -0.39 is 0 Å². The molecule has 2 aromatic heterocycles. The fourth-order valence-corrected chi connectivity index (χ4v) is 2.85. The molecule has 10 heteroatoms. The summed E-state index contributed by atoms with van der Waals surface area (Å²) in [4.78, 5) is 8.79. The predicted octanol–water partition coefficient (Wildman–Crippen LogP) is 2.53. The highest BCUT2D eigenvalue weighted by molar-refractivity contribution is 6.35. The molecule has 0 bridgehead atoms. The highest BCUT2D eigenvalue weighted by Gasteiger charge is 2.17. The van der Waals surface area contributed by atoms with E-state index in [1.54, 1.807) is 37.2 Å². The average molecular weight is 389 g/mol. The first kappa shape index (κ1) is 18.9. The fourth-order valence-electron chi connectivity index (χ4n) is 2.56. The van der Waals surface area contributed by atoms with Gasteiger partial charge in [-0.2, -0.15) is 4.98 Å². The number of benzene rings is 1. The van der Waals surface area contributed by atoms with E-state index >= 15 is 0 Å². The molecule has 2 heterocycles. The van der Waals surface area contributed by atoms with Crippen LogP contribution in [0.1, 0.15) is 11.4 Å². The van der Waals surface area contributed by atoms with Crippen LogP contribution in [0.2, 0.25) is 5.02 Å². The van der Waals surface area contributed by atoms with Crippen LogP contribution in [-0.2, 0) is 6.54 Å². The Bertz CT molecular complexity index is 943. The molecule has 27 heavy (non-hydrogen) atoms. The number of hydrogen-bond donors (Lipinski definition) is 3. The molecule has 0 spiro atoms. The molecule has 0 saturated heterocycles. The van der Waals surface area contributed by atoms with E-state index in [0.29, 0.717) is 40.5 Å². The lowest BCUT2D eigenvalue weighted by Gasteiger charge is -2.15. The molecule has 0 unspecified atom stereocenters. The van der Waals surface area contributed by atoms with Crippen LogP contribution in [-0.4, -0.2) is 46.2 Å². The zero-order valence-electron chi connectivity index (χ0n) is 15.5. The number of aromatic nitrogens is 5. The van der Waals surface area contributed by atoms with Gasteiger partial charge in [-0.15, -0.1) is 5.10 Å². The number of hydrogen-bond acceptors (Lipinski definition) is 8. The van der Waals surface area contributed by atoms with Crippen LogP contribution in [0.5, 0.6) is 5.75 Å². The monoisotopic (exact) mass is 388 g/mol. The van der Waals surface area contributed by atoms with Crippen molar-refractivity contribution in [3.05, 3.63) is 40.8 Å². The second-order valence-corrected chi connectivity index (χ2v) is 6.13. The van der Waals surface area contributed by atoms with Crippen molar-refractivity contribution in [3.8, 4) is 11.4 Å². The number of halogens is 1. The third-order valence-corrected chi connectivity index (χ3v) is 4.17. The lowest BCUT2D eigenvalue weighted by Crippen LogP contribution is -2.06. The van der Waals surface area contributed by atoms with Crippen molar-refractivity contribution in [1.29, 1.82) is 0 Å². The Morgan fingerprint density at radius 2 is 2.04 bits per heavy atom. The fraction of sp³-hybridized carbons (Fsp3) is 0.294. The van der Waals surface area contributed by atoms with Gasteiger partial charge < -0.3 is 20.7 Å². The summed E-state index contributed by atoms with van der Waals surface area (Å²) in [6.45, 7) is 2.50. The summed E-state index contributed by atoms with van der Waals surface area (Å²) in [6.07, 6.45) is 1.80. The van der Waals surface area contributed by atoms with E-state index in [1.165, 1.54) is 0 Å². The van der Waals surface area contributed by atoms with Gasteiger partial charge in [0.15, 0.2) is 0 Å². The number of nitrogens with zero attached hydrogens (tertiary/aromatic N) is 5. The molecule has 0 radical (unpaired) electrons. The Hall–Kier alpha value is -2.91. The lowest BCUT2D eigenvalue weighted by molar-refractivity contribution is 0.411. The molecule has 0 saturated carbocycles. The second-order valence-electron chi connectivity index (χ2n) is 5.76. The van der Waals surface area contributed by atoms with Crippen molar-refractivity contribution < 1.29 is 4.74 Å². The van der Waals surface area contributed by atoms with Crippen LogP contribution in [0.4, 0.5) is 17.5 Å². The predicted molar refractivity (Wildman–Crippen MR) is 105 cm³/mol. The largest absolute Gasteiger partial charge is 0.494 e. The molecule has 0 aliphatic carbocycles. The minimum absolute atomic E-state index is 0.423. The van der Waals surface area contributed by atoms with Crippen molar-refractivity contribution in [2.45, 2.75) is 13.5 Å². The molecule has 0 amide bonds. The van der Waals surface area contributed by atoms with E-state index in [4.69, 9.17) is 16.3 Å². The summed E-state index contributed by atoms with van der Waals surface area (Å²) in [5.74, 6) is 1.72. The van der Waals surface area contributed by atoms with Gasteiger partial charge in [-0.3, -0.25) is 0 Å². The normalized spacial score (nSPS) is 10.7. The van der Waals surface area contributed by atoms with Gasteiger partial charge in [0.2, 0.25) is 5.95 Å². The summed E-state index contributed by atoms with van der Waals surface area (Å²) in [5, 5.41) is 17.9. The van der Waals surface area contributed by atoms with Crippen LogP contribution in [0.15, 0.2) is 24.4 Å². The maximum Gasteiger partial charge on any atom is 0.229 e. The van der Waals surface area contributed by atoms with E-state index in [1.807, 2.05) is 20.0 Å². The second kappa shape index (κ2) is 8.19. The standard InChI is InChI=1S/C17H21ClN8O/c1-10-7-14(20-3)23-17(21-10)22-12-5-6-13(27-4)16(15(12)18)26-9-11(8-19-2)24-25-26/h5-7,9,19H,8H2,1-4H3,(H2,20,21,22,23). The quantitative estimate of drug-likeness (QED) is 0.567. The topological polar surface area (TPSA) is 102 Å². The molecule has 0 aliphatic rings. The van der Waals surface area contributed by atoms with Gasteiger partial charge in [-0.05, 0) is 26.1 Å². The number of aryl methyl sites for hydroxylation is 1. The van der Waals surface area contributed by atoms with Gasteiger partial charge >= 0.3 is 0 Å². The smallest absolute Gasteiger partial charge is 0.229 e. The average Bonchev–Trinajstić information content (AvgIpc) is 3.11. The Kier molecular flexibility index (Phi) is 5.72. The first-order valence-electron chi connectivity index (χ1n) is 8.29. The van der Waals surface area contributed by atoms with E-state index in [0.717, 1.165) is 11.4 Å². The molecular formula is C17H21ClN8O. The number of methoxy groups -OCH3 is 1. The van der Waals surface area contributed by atoms with Crippen molar-refractivity contribution in [1.82, 2.24) is 30.3 Å². The minimum atomic E-state index is 0.423. The van der Waals surface area contributed by atoms with Crippen LogP contribution in [0, 0.1) is 6.92 Å². The first-order valence-corrected chi connectivity index (χ1v) is 8.66. The van der Waals surface area contributed by atoms with Crippen molar-refractivity contribution in [2.75, 3.05) is 31.8 Å². The van der Waals surface area contributed by atoms with Crippen molar-refractivity contribution in [3.63, 3.8) is 0 Å². The molecule has 3 aromatic rings. The van der Waals surface area contributed by atoms with Crippen LogP contribution in [0.3, 0.4) is 0 Å². The summed E-state index contributed by atoms with van der Waals surface area (Å²) in [5.41, 5.74) is 2.83. The highest BCUT2D eigenvalue weighted by Crippen LogP contribution is 2.37. The number of rotatable bonds is 7. The molecule has 9 nitrogen and oxygen atoms in total. The van der Waals surface area contributed by atoms with Crippen LogP contribution >= 0.6 is 11.6 Å². The molecule has 1 aromatic carbocycles. The molecule has 3 N–H and O–H groups in total. The van der Waals surface area contributed by atoms with E-state index in [-0.39, 0.29) is 0 Å². The summed E-state index contributed by atoms with van der Waals surface area (Å²) >= 11 is 6.66. The molecular weight excluding hydrogens is 368 g/mol. The molecule has 0 fully saturated rings. The number of ether oxygens (including phenoxy) is 1. The van der Waals surface area contributed by atoms with Gasteiger partial charge in [-0.25, -0.2) is 9.67 Å². The lowest BCUT2D eigenvalue weighted by atomic mass is 10.2. The SMILES string of the molecule is CNCc1cn(-c2c(OC)ccc(Nc3nc(C)cc(NC)n3)c2Cl)nn1. The van der Waals surface area contributed by atoms with Gasteiger partial charge in [0.25, 0.3) is 0 Å². The van der Waals surface area contributed by atoms with Crippen LogP contribution in [0.25, 0.3) is 5.69 Å². The molecule has 3 rings (SSSR count). The van der Waals surface area contributed by atoms with Gasteiger partial charge in [0.1, 0.15) is 17.3 Å². The molecule has 0 atom stereocenters. The maximum atomic E-state index is 6.66. The Morgan fingerprint density at radius 3 is 2.74 bits per heavy atom. The third kappa shape index (κ3) is 4.09. The Morgan fingerprint density at radius 1 is 1.22 bits per heavy atom. The van der Waals surface area contributed by atoms with Gasteiger partial charge in [-0.1, -0.05) is 16.8 Å². The first-order chi connectivity index (χ1) is 13.0. The number of nitrogens with one attached hydrogen (secondary N) is 3.